The lowest BCUT2D eigenvalue weighted by Crippen LogP contribution is -2.13. The predicted molar refractivity (Wildman–Crippen MR) is 47.1 cm³/mol. The van der Waals surface area contributed by atoms with Crippen LogP contribution in [0.4, 0.5) is 0 Å². The van der Waals surface area contributed by atoms with Crippen molar-refractivity contribution in [3.63, 3.8) is 0 Å². The highest BCUT2D eigenvalue weighted by Crippen LogP contribution is 2.31. The molecule has 0 radical (unpaired) electrons. The van der Waals surface area contributed by atoms with E-state index in [9.17, 15) is 4.57 Å². The summed E-state index contributed by atoms with van der Waals surface area (Å²) in [6, 6.07) is 0. The van der Waals surface area contributed by atoms with E-state index < -0.39 is 7.80 Å². The quantitative estimate of drug-likeness (QED) is 0.578. The van der Waals surface area contributed by atoms with Gasteiger partial charge in [-0.1, -0.05) is 31.8 Å². The second-order valence-corrected chi connectivity index (χ2v) is 5.27. The average molecular weight is 161 g/mol. The second kappa shape index (κ2) is 4.08. The first kappa shape index (κ1) is 10.1. The van der Waals surface area contributed by atoms with Crippen LogP contribution in [-0.4, -0.2) is 12.8 Å². The van der Waals surface area contributed by atoms with Crippen LogP contribution >= 0.6 is 7.80 Å². The largest absolute Gasteiger partial charge is 0.336 e. The van der Waals surface area contributed by atoms with Crippen molar-refractivity contribution in [2.75, 3.05) is 12.8 Å². The Balaban J connectivity index is 3.74. The van der Waals surface area contributed by atoms with Gasteiger partial charge in [-0.05, 0) is 6.42 Å². The van der Waals surface area contributed by atoms with Gasteiger partial charge in [0, 0.05) is 5.41 Å². The van der Waals surface area contributed by atoms with Crippen molar-refractivity contribution in [2.24, 2.45) is 5.41 Å². The van der Waals surface area contributed by atoms with Crippen LogP contribution in [-0.2, 0) is 4.57 Å². The minimum atomic E-state index is -0.950. The zero-order valence-corrected chi connectivity index (χ0v) is 8.37. The first-order valence-corrected chi connectivity index (χ1v) is 5.75. The van der Waals surface area contributed by atoms with Crippen molar-refractivity contribution in [1.29, 1.82) is 0 Å². The molecule has 0 aromatic carbocycles. The molecule has 1 nitrogen and oxygen atoms in total. The van der Waals surface area contributed by atoms with E-state index in [1.807, 2.05) is 6.66 Å². The number of rotatable bonds is 4. The summed E-state index contributed by atoms with van der Waals surface area (Å²) in [4.78, 5) is 0. The Morgan fingerprint density at radius 2 is 1.90 bits per heavy atom. The van der Waals surface area contributed by atoms with E-state index in [0.717, 1.165) is 6.16 Å². The van der Waals surface area contributed by atoms with E-state index in [4.69, 9.17) is 0 Å². The molecule has 0 saturated carbocycles. The highest BCUT2D eigenvalue weighted by atomic mass is 31.1. The van der Waals surface area contributed by atoms with Crippen LogP contribution in [0.5, 0.6) is 0 Å². The van der Waals surface area contributed by atoms with E-state index in [1.54, 1.807) is 0 Å². The van der Waals surface area contributed by atoms with Gasteiger partial charge < -0.3 is 0 Å². The summed E-state index contributed by atoms with van der Waals surface area (Å²) in [7, 11) is -0.950. The smallest absolute Gasteiger partial charge is 0.0751 e. The Labute approximate surface area is 65.0 Å². The number of hydrogen-bond acceptors (Lipinski definition) is 1. The maximum Gasteiger partial charge on any atom is 0.336 e. The van der Waals surface area contributed by atoms with Crippen LogP contribution in [0, 0.1) is 5.41 Å². The van der Waals surface area contributed by atoms with Crippen molar-refractivity contribution >= 4 is 7.80 Å². The summed E-state index contributed by atoms with van der Waals surface area (Å²) in [6.45, 7) is 8.36. The minimum Gasteiger partial charge on any atom is -0.0751 e. The van der Waals surface area contributed by atoms with Crippen molar-refractivity contribution in [3.05, 3.63) is 0 Å². The molecule has 0 aromatic rings. The van der Waals surface area contributed by atoms with Gasteiger partial charge >= 0.3 is 7.80 Å². The van der Waals surface area contributed by atoms with Crippen LogP contribution in [0.1, 0.15) is 33.6 Å². The Morgan fingerprint density at radius 3 is 2.20 bits per heavy atom. The highest BCUT2D eigenvalue weighted by Gasteiger charge is 2.25. The first-order chi connectivity index (χ1) is 4.48. The average Bonchev–Trinajstić information content (AvgIpc) is 1.59. The summed E-state index contributed by atoms with van der Waals surface area (Å²) in [5.41, 5.74) is 0.289. The van der Waals surface area contributed by atoms with Crippen molar-refractivity contribution in [1.82, 2.24) is 0 Å². The van der Waals surface area contributed by atoms with Crippen LogP contribution in [0.2, 0.25) is 0 Å². The summed E-state index contributed by atoms with van der Waals surface area (Å²) in [5.74, 6) is 0. The maximum atomic E-state index is 10.9. The van der Waals surface area contributed by atoms with E-state index in [1.165, 1.54) is 12.8 Å². The first-order valence-electron chi connectivity index (χ1n) is 3.86. The molecule has 0 heterocycles. The molecule has 1 unspecified atom stereocenters. The van der Waals surface area contributed by atoms with Crippen LogP contribution in [0.3, 0.4) is 0 Å². The van der Waals surface area contributed by atoms with Crippen LogP contribution < -0.4 is 0 Å². The molecule has 0 aliphatic carbocycles. The molecule has 0 aliphatic rings. The fraction of sp³-hybridized carbons (Fsp3) is 1.00. The molecule has 2 heteroatoms. The molecule has 0 aromatic heterocycles. The molecule has 0 bridgehead atoms. The summed E-state index contributed by atoms with van der Waals surface area (Å²) in [5, 5.41) is 0. The fourth-order valence-corrected chi connectivity index (χ4v) is 2.72. The monoisotopic (exact) mass is 161 g/mol. The Kier molecular flexibility index (Phi) is 4.12. The van der Waals surface area contributed by atoms with E-state index in [0.29, 0.717) is 0 Å². The SMILES string of the molecule is CCCC(C)(C)C[P+](C)=O. The molecule has 10 heavy (non-hydrogen) atoms. The van der Waals surface area contributed by atoms with E-state index in [2.05, 4.69) is 20.8 Å². The Hall–Kier alpha value is 0.100. The van der Waals surface area contributed by atoms with Gasteiger partial charge in [-0.25, -0.2) is 0 Å². The van der Waals surface area contributed by atoms with Gasteiger partial charge in [-0.15, -0.1) is 0 Å². The summed E-state index contributed by atoms with van der Waals surface area (Å²) in [6.07, 6.45) is 3.24. The molecule has 0 spiro atoms. The van der Waals surface area contributed by atoms with Crippen molar-refractivity contribution < 1.29 is 4.57 Å². The third-order valence-electron chi connectivity index (χ3n) is 1.58. The standard InChI is InChI=1S/C8H18OP/c1-5-6-8(2,3)7-10(4)9/h5-7H2,1-4H3/q+1. The normalized spacial score (nSPS) is 13.4. The van der Waals surface area contributed by atoms with Gasteiger partial charge in [-0.2, -0.15) is 0 Å². The molecule has 0 rings (SSSR count). The lowest BCUT2D eigenvalue weighted by atomic mass is 9.91. The summed E-state index contributed by atoms with van der Waals surface area (Å²) < 4.78 is 10.9. The van der Waals surface area contributed by atoms with Gasteiger partial charge in [0.25, 0.3) is 0 Å². The predicted octanol–water partition coefficient (Wildman–Crippen LogP) is 3.27. The molecule has 0 fully saturated rings. The number of hydrogen-bond donors (Lipinski definition) is 0. The molecule has 0 saturated heterocycles. The third kappa shape index (κ3) is 4.93. The van der Waals surface area contributed by atoms with E-state index in [-0.39, 0.29) is 5.41 Å². The van der Waals surface area contributed by atoms with Crippen LogP contribution in [0.25, 0.3) is 0 Å². The lowest BCUT2D eigenvalue weighted by molar-refractivity contribution is 0.376. The molecule has 60 valence electrons. The fourth-order valence-electron chi connectivity index (χ4n) is 1.36. The summed E-state index contributed by atoms with van der Waals surface area (Å²) >= 11 is 0. The molecular weight excluding hydrogens is 143 g/mol. The van der Waals surface area contributed by atoms with Crippen molar-refractivity contribution in [3.8, 4) is 0 Å². The van der Waals surface area contributed by atoms with Gasteiger partial charge in [0.05, 0.1) is 0 Å². The van der Waals surface area contributed by atoms with Crippen molar-refractivity contribution in [2.45, 2.75) is 33.6 Å². The van der Waals surface area contributed by atoms with Gasteiger partial charge in [0.2, 0.25) is 0 Å². The lowest BCUT2D eigenvalue weighted by Gasteiger charge is -2.16. The second-order valence-electron chi connectivity index (χ2n) is 3.70. The highest BCUT2D eigenvalue weighted by molar-refractivity contribution is 7.43. The minimum absolute atomic E-state index is 0.289. The topological polar surface area (TPSA) is 17.1 Å². The van der Waals surface area contributed by atoms with Gasteiger partial charge in [0.1, 0.15) is 6.66 Å². The molecule has 0 N–H and O–H groups in total. The Morgan fingerprint density at radius 1 is 1.40 bits per heavy atom. The Bertz CT molecular complexity index is 118. The maximum absolute atomic E-state index is 10.9. The molecular formula is C8H18OP+. The molecule has 0 aliphatic heterocycles. The van der Waals surface area contributed by atoms with Gasteiger partial charge in [-0.3, -0.25) is 0 Å². The van der Waals surface area contributed by atoms with E-state index >= 15 is 0 Å². The zero-order chi connectivity index (χ0) is 8.20. The third-order valence-corrected chi connectivity index (χ3v) is 2.88. The van der Waals surface area contributed by atoms with Gasteiger partial charge in [0.15, 0.2) is 6.16 Å². The zero-order valence-electron chi connectivity index (χ0n) is 7.48. The molecule has 1 atom stereocenters. The molecule has 0 amide bonds. The van der Waals surface area contributed by atoms with Crippen LogP contribution in [0.15, 0.2) is 0 Å².